The summed E-state index contributed by atoms with van der Waals surface area (Å²) in [6, 6.07) is 7.28. The molecule has 0 radical (unpaired) electrons. The molecule has 0 saturated carbocycles. The van der Waals surface area contributed by atoms with Crippen LogP contribution >= 0.6 is 23.4 Å². The van der Waals surface area contributed by atoms with E-state index in [1.807, 2.05) is 6.07 Å². The molecule has 1 aromatic rings. The molecule has 0 N–H and O–H groups in total. The zero-order valence-electron chi connectivity index (χ0n) is 8.50. The molecule has 0 spiro atoms. The van der Waals surface area contributed by atoms with E-state index in [4.69, 9.17) is 21.6 Å². The highest BCUT2D eigenvalue weighted by Crippen LogP contribution is 2.25. The van der Waals surface area contributed by atoms with E-state index in [2.05, 4.69) is 6.26 Å². The van der Waals surface area contributed by atoms with Crippen molar-refractivity contribution in [3.63, 3.8) is 0 Å². The largest absolute Gasteiger partial charge is 0.492 e. The predicted molar refractivity (Wildman–Crippen MR) is 64.7 cm³/mol. The topological polar surface area (TPSA) is 33.0 Å². The minimum absolute atomic E-state index is 0.420. The highest BCUT2D eigenvalue weighted by Gasteiger charge is 2.06. The van der Waals surface area contributed by atoms with Crippen molar-refractivity contribution >= 4 is 23.4 Å². The van der Waals surface area contributed by atoms with Crippen LogP contribution in [0.15, 0.2) is 18.2 Å². The predicted octanol–water partition coefficient (Wildman–Crippen LogP) is 3.34. The first kappa shape index (κ1) is 12.2. The lowest BCUT2D eigenvalue weighted by Crippen LogP contribution is -2.00. The third kappa shape index (κ3) is 3.65. The molecule has 0 fully saturated rings. The van der Waals surface area contributed by atoms with Crippen LogP contribution in [0.4, 0.5) is 0 Å². The van der Waals surface area contributed by atoms with Gasteiger partial charge in [-0.3, -0.25) is 0 Å². The first-order valence-corrected chi connectivity index (χ1v) is 6.37. The minimum Gasteiger partial charge on any atom is -0.492 e. The molecule has 0 atom stereocenters. The Hall–Kier alpha value is -0.850. The second-order valence-electron chi connectivity index (χ2n) is 2.92. The molecule has 1 aromatic carbocycles. The normalized spacial score (nSPS) is 9.67. The average Bonchev–Trinajstić information content (AvgIpc) is 2.24. The second kappa shape index (κ2) is 6.60. The number of hydrogen-bond acceptors (Lipinski definition) is 3. The van der Waals surface area contributed by atoms with E-state index in [0.717, 1.165) is 12.2 Å². The van der Waals surface area contributed by atoms with Gasteiger partial charge in [0.1, 0.15) is 17.4 Å². The van der Waals surface area contributed by atoms with Gasteiger partial charge in [-0.15, -0.1) is 0 Å². The Morgan fingerprint density at radius 2 is 2.33 bits per heavy atom. The van der Waals surface area contributed by atoms with Gasteiger partial charge in [-0.25, -0.2) is 0 Å². The molecular formula is C11H12ClNOS. The van der Waals surface area contributed by atoms with Crippen molar-refractivity contribution in [3.8, 4) is 11.8 Å². The Kier molecular flexibility index (Phi) is 5.38. The maximum Gasteiger partial charge on any atom is 0.138 e. The fourth-order valence-electron chi connectivity index (χ4n) is 1.12. The SMILES string of the molecule is CSCCCOc1cccc(Cl)c1C#N. The quantitative estimate of drug-likeness (QED) is 0.742. The van der Waals surface area contributed by atoms with Crippen LogP contribution in [-0.2, 0) is 0 Å². The van der Waals surface area contributed by atoms with Crippen LogP contribution in [0.1, 0.15) is 12.0 Å². The van der Waals surface area contributed by atoms with Gasteiger partial charge in [0.05, 0.1) is 11.6 Å². The zero-order valence-corrected chi connectivity index (χ0v) is 10.1. The Morgan fingerprint density at radius 3 is 3.00 bits per heavy atom. The number of nitrogens with zero attached hydrogens (tertiary/aromatic N) is 1. The van der Waals surface area contributed by atoms with Gasteiger partial charge in [0, 0.05) is 0 Å². The number of halogens is 1. The summed E-state index contributed by atoms with van der Waals surface area (Å²) < 4.78 is 5.49. The lowest BCUT2D eigenvalue weighted by atomic mass is 10.2. The van der Waals surface area contributed by atoms with Crippen molar-refractivity contribution in [3.05, 3.63) is 28.8 Å². The molecule has 4 heteroatoms. The van der Waals surface area contributed by atoms with Crippen molar-refractivity contribution in [1.82, 2.24) is 0 Å². The summed E-state index contributed by atoms with van der Waals surface area (Å²) >= 11 is 7.64. The van der Waals surface area contributed by atoms with E-state index < -0.39 is 0 Å². The molecule has 80 valence electrons. The van der Waals surface area contributed by atoms with E-state index in [9.17, 15) is 0 Å². The molecule has 0 aromatic heterocycles. The smallest absolute Gasteiger partial charge is 0.138 e. The maximum absolute atomic E-state index is 8.88. The molecule has 2 nitrogen and oxygen atoms in total. The summed E-state index contributed by atoms with van der Waals surface area (Å²) in [4.78, 5) is 0. The minimum atomic E-state index is 0.420. The van der Waals surface area contributed by atoms with E-state index in [-0.39, 0.29) is 0 Å². The average molecular weight is 242 g/mol. The molecule has 0 unspecified atom stereocenters. The van der Waals surface area contributed by atoms with Crippen LogP contribution in [0.3, 0.4) is 0 Å². The summed E-state index contributed by atoms with van der Waals surface area (Å²) in [6.07, 6.45) is 3.03. The van der Waals surface area contributed by atoms with Gasteiger partial charge in [0.2, 0.25) is 0 Å². The van der Waals surface area contributed by atoms with Gasteiger partial charge in [-0.2, -0.15) is 17.0 Å². The van der Waals surface area contributed by atoms with E-state index in [0.29, 0.717) is 22.9 Å². The molecule has 1 rings (SSSR count). The van der Waals surface area contributed by atoms with E-state index >= 15 is 0 Å². The monoisotopic (exact) mass is 241 g/mol. The van der Waals surface area contributed by atoms with Gasteiger partial charge < -0.3 is 4.74 Å². The third-order valence-electron chi connectivity index (χ3n) is 1.84. The summed E-state index contributed by atoms with van der Waals surface area (Å²) in [6.45, 7) is 0.621. The van der Waals surface area contributed by atoms with Crippen LogP contribution in [0, 0.1) is 11.3 Å². The fraction of sp³-hybridized carbons (Fsp3) is 0.364. The molecule has 0 amide bonds. The van der Waals surface area contributed by atoms with Crippen molar-refractivity contribution in [2.75, 3.05) is 18.6 Å². The lowest BCUT2D eigenvalue weighted by molar-refractivity contribution is 0.318. The Labute approximate surface area is 99.2 Å². The Morgan fingerprint density at radius 1 is 1.53 bits per heavy atom. The number of benzene rings is 1. The van der Waals surface area contributed by atoms with Gasteiger partial charge in [-0.05, 0) is 30.6 Å². The second-order valence-corrected chi connectivity index (χ2v) is 4.31. The van der Waals surface area contributed by atoms with Crippen molar-refractivity contribution in [2.24, 2.45) is 0 Å². The molecule has 0 aliphatic rings. The van der Waals surface area contributed by atoms with Gasteiger partial charge >= 0.3 is 0 Å². The van der Waals surface area contributed by atoms with Crippen molar-refractivity contribution in [2.45, 2.75) is 6.42 Å². The fourth-order valence-corrected chi connectivity index (χ4v) is 1.73. The number of nitriles is 1. The summed E-state index contributed by atoms with van der Waals surface area (Å²) in [7, 11) is 0. The first-order chi connectivity index (χ1) is 7.29. The van der Waals surface area contributed by atoms with Crippen LogP contribution in [-0.4, -0.2) is 18.6 Å². The Bertz CT molecular complexity index is 362. The molecule has 15 heavy (non-hydrogen) atoms. The lowest BCUT2D eigenvalue weighted by Gasteiger charge is -2.07. The molecule has 0 aliphatic carbocycles. The number of hydrogen-bond donors (Lipinski definition) is 0. The number of ether oxygens (including phenoxy) is 1. The number of rotatable bonds is 5. The van der Waals surface area contributed by atoms with Crippen LogP contribution in [0.2, 0.25) is 5.02 Å². The Balaban J connectivity index is 2.61. The zero-order chi connectivity index (χ0) is 11.1. The van der Waals surface area contributed by atoms with Gasteiger partial charge in [0.25, 0.3) is 0 Å². The van der Waals surface area contributed by atoms with E-state index in [1.165, 1.54) is 0 Å². The molecule has 0 aliphatic heterocycles. The van der Waals surface area contributed by atoms with E-state index in [1.54, 1.807) is 30.0 Å². The van der Waals surface area contributed by atoms with Crippen molar-refractivity contribution < 1.29 is 4.74 Å². The molecule has 0 saturated heterocycles. The van der Waals surface area contributed by atoms with Gasteiger partial charge in [0.15, 0.2) is 0 Å². The maximum atomic E-state index is 8.88. The highest BCUT2D eigenvalue weighted by atomic mass is 35.5. The highest BCUT2D eigenvalue weighted by molar-refractivity contribution is 7.98. The van der Waals surface area contributed by atoms with Crippen molar-refractivity contribution in [1.29, 1.82) is 5.26 Å². The summed E-state index contributed by atoms with van der Waals surface area (Å²) in [5.41, 5.74) is 0.420. The van der Waals surface area contributed by atoms with Crippen LogP contribution < -0.4 is 4.74 Å². The third-order valence-corrected chi connectivity index (χ3v) is 2.85. The summed E-state index contributed by atoms with van der Waals surface area (Å²) in [5.74, 6) is 1.63. The van der Waals surface area contributed by atoms with Crippen LogP contribution in [0.25, 0.3) is 0 Å². The standard InChI is InChI=1S/C11H12ClNOS/c1-15-7-3-6-14-11-5-2-4-10(12)9(11)8-13/h2,4-5H,3,6-7H2,1H3. The molecule has 0 bridgehead atoms. The van der Waals surface area contributed by atoms with Crippen LogP contribution in [0.5, 0.6) is 5.75 Å². The molecule has 0 heterocycles. The summed E-state index contributed by atoms with van der Waals surface area (Å²) in [5, 5.41) is 9.33. The molecular weight excluding hydrogens is 230 g/mol. The van der Waals surface area contributed by atoms with Gasteiger partial charge in [-0.1, -0.05) is 17.7 Å². The first-order valence-electron chi connectivity index (χ1n) is 4.60. The number of thioether (sulfide) groups is 1.